The van der Waals surface area contributed by atoms with Crippen molar-refractivity contribution in [2.45, 2.75) is 20.8 Å². The zero-order valence-corrected chi connectivity index (χ0v) is 11.7. The van der Waals surface area contributed by atoms with Gasteiger partial charge in [0.2, 0.25) is 0 Å². The highest BCUT2D eigenvalue weighted by Crippen LogP contribution is 1.91. The molecule has 0 spiro atoms. The third kappa shape index (κ3) is 13.8. The van der Waals surface area contributed by atoms with Crippen LogP contribution in [0.5, 0.6) is 0 Å². The maximum absolute atomic E-state index is 5.08. The summed E-state index contributed by atoms with van der Waals surface area (Å²) in [7, 11) is 3.55. The second kappa shape index (κ2) is 15.9. The van der Waals surface area contributed by atoms with E-state index in [-0.39, 0.29) is 0 Å². The fourth-order valence-electron chi connectivity index (χ4n) is 0.841. The highest BCUT2D eigenvalue weighted by molar-refractivity contribution is 6.36. The molecular weight excluding hydrogens is 226 g/mol. The summed E-state index contributed by atoms with van der Waals surface area (Å²) in [5.74, 6) is 0. The quantitative estimate of drug-likeness (QED) is 0.568. The minimum Gasteiger partial charge on any atom is -0.389 e. The molecule has 8 heteroatoms. The molecule has 0 aliphatic heterocycles. The number of rotatable bonds is 9. The molecule has 0 atom stereocenters. The zero-order valence-electron chi connectivity index (χ0n) is 11.7. The molecule has 0 unspecified atom stereocenters. The van der Waals surface area contributed by atoms with Gasteiger partial charge >= 0.3 is 14.6 Å². The Balaban J connectivity index is 0. The smallest absolute Gasteiger partial charge is 0.389 e. The fourth-order valence-corrected chi connectivity index (χ4v) is 0.841. The molecule has 0 amide bonds. The first-order chi connectivity index (χ1) is 8.19. The third-order valence-electron chi connectivity index (χ3n) is 1.49. The van der Waals surface area contributed by atoms with Crippen LogP contribution in [0, 0.1) is 0 Å². The Labute approximate surface area is 105 Å². The van der Waals surface area contributed by atoms with Crippen LogP contribution in [0.15, 0.2) is 0 Å². The largest absolute Gasteiger partial charge is 0.639 e. The van der Waals surface area contributed by atoms with Crippen molar-refractivity contribution in [3.05, 3.63) is 0 Å². The van der Waals surface area contributed by atoms with Gasteiger partial charge in [-0.05, 0) is 20.8 Å². The van der Waals surface area contributed by atoms with E-state index in [1.807, 2.05) is 20.8 Å². The van der Waals surface area contributed by atoms with Gasteiger partial charge in [0.05, 0.1) is 0 Å². The van der Waals surface area contributed by atoms with E-state index in [0.717, 1.165) is 0 Å². The van der Waals surface area contributed by atoms with Crippen LogP contribution in [0.25, 0.3) is 0 Å². The van der Waals surface area contributed by atoms with Crippen LogP contribution in [0.4, 0.5) is 0 Å². The Bertz CT molecular complexity index is 117. The molecule has 0 radical (unpaired) electrons. The lowest BCUT2D eigenvalue weighted by Gasteiger charge is -2.09. The van der Waals surface area contributed by atoms with Gasteiger partial charge < -0.3 is 27.9 Å². The van der Waals surface area contributed by atoms with Gasteiger partial charge in [0.15, 0.2) is 0 Å². The van der Waals surface area contributed by atoms with Crippen LogP contribution in [0.1, 0.15) is 20.8 Å². The molecule has 0 rings (SSSR count). The predicted octanol–water partition coefficient (Wildman–Crippen LogP) is 0.991. The normalized spacial score (nSPS) is 9.53. The molecule has 0 fully saturated rings. The molecule has 0 saturated carbocycles. The molecule has 17 heavy (non-hydrogen) atoms. The van der Waals surface area contributed by atoms with Crippen molar-refractivity contribution in [3.8, 4) is 0 Å². The SMILES string of the molecule is CCOB(OCC)OCC.COB(OC)OC. The summed E-state index contributed by atoms with van der Waals surface area (Å²) in [5.41, 5.74) is 0. The summed E-state index contributed by atoms with van der Waals surface area (Å²) in [6, 6.07) is 0. The number of hydrogen-bond acceptors (Lipinski definition) is 6. The van der Waals surface area contributed by atoms with Gasteiger partial charge in [-0.25, -0.2) is 0 Å². The molecule has 0 heterocycles. The lowest BCUT2D eigenvalue weighted by atomic mass is 10.2. The Morgan fingerprint density at radius 1 is 0.588 bits per heavy atom. The molecule has 0 aliphatic carbocycles. The van der Waals surface area contributed by atoms with Crippen LogP contribution < -0.4 is 0 Å². The summed E-state index contributed by atoms with van der Waals surface area (Å²) in [6.45, 7) is 7.57. The van der Waals surface area contributed by atoms with Crippen LogP contribution in [-0.4, -0.2) is 55.8 Å². The second-order valence-electron chi connectivity index (χ2n) is 2.65. The van der Waals surface area contributed by atoms with E-state index in [4.69, 9.17) is 14.0 Å². The summed E-state index contributed by atoms with van der Waals surface area (Å²) in [6.07, 6.45) is 0. The molecule has 0 aromatic carbocycles. The van der Waals surface area contributed by atoms with Gasteiger partial charge in [-0.15, -0.1) is 0 Å². The lowest BCUT2D eigenvalue weighted by molar-refractivity contribution is 0.107. The van der Waals surface area contributed by atoms with E-state index in [1.54, 1.807) is 0 Å². The van der Waals surface area contributed by atoms with Crippen LogP contribution in [0.2, 0.25) is 0 Å². The lowest BCUT2D eigenvalue weighted by Crippen LogP contribution is -2.27. The van der Waals surface area contributed by atoms with Crippen LogP contribution in [0.3, 0.4) is 0 Å². The molecule has 102 valence electrons. The van der Waals surface area contributed by atoms with Crippen LogP contribution in [-0.2, 0) is 27.9 Å². The summed E-state index contributed by atoms with van der Waals surface area (Å²) in [4.78, 5) is 0. The van der Waals surface area contributed by atoms with E-state index in [2.05, 4.69) is 14.0 Å². The van der Waals surface area contributed by atoms with E-state index in [9.17, 15) is 0 Å². The fraction of sp³-hybridized carbons (Fsp3) is 1.00. The van der Waals surface area contributed by atoms with Crippen molar-refractivity contribution in [3.63, 3.8) is 0 Å². The zero-order chi connectivity index (χ0) is 13.5. The summed E-state index contributed by atoms with van der Waals surface area (Å²) < 4.78 is 29.0. The maximum Gasteiger partial charge on any atom is 0.639 e. The Hall–Kier alpha value is -0.110. The first-order valence-electron chi connectivity index (χ1n) is 5.63. The minimum absolute atomic E-state index is 0.472. The summed E-state index contributed by atoms with van der Waals surface area (Å²) >= 11 is 0. The highest BCUT2D eigenvalue weighted by atomic mass is 16.7. The van der Waals surface area contributed by atoms with Crippen molar-refractivity contribution < 1.29 is 27.9 Å². The molecule has 0 aliphatic rings. The maximum atomic E-state index is 5.08. The molecule has 0 aromatic heterocycles. The second-order valence-corrected chi connectivity index (χ2v) is 2.65. The standard InChI is InChI=1S/C6H15BO3.C3H9BO3/c1-4-8-7(9-5-2)10-6-3;1-5-4(6-2)7-3/h4-6H2,1-3H3;1-3H3. The first-order valence-corrected chi connectivity index (χ1v) is 5.63. The van der Waals surface area contributed by atoms with Gasteiger partial charge in [0.1, 0.15) is 0 Å². The van der Waals surface area contributed by atoms with Crippen molar-refractivity contribution in [1.29, 1.82) is 0 Å². The third-order valence-corrected chi connectivity index (χ3v) is 1.49. The van der Waals surface area contributed by atoms with E-state index < -0.39 is 14.6 Å². The topological polar surface area (TPSA) is 55.4 Å². The van der Waals surface area contributed by atoms with E-state index >= 15 is 0 Å². The molecule has 0 aromatic rings. The van der Waals surface area contributed by atoms with Gasteiger partial charge in [-0.1, -0.05) is 0 Å². The average Bonchev–Trinajstić information content (AvgIpc) is 2.33. The summed E-state index contributed by atoms with van der Waals surface area (Å²) in [5, 5.41) is 0. The van der Waals surface area contributed by atoms with Gasteiger partial charge in [-0.2, -0.15) is 0 Å². The Kier molecular flexibility index (Phi) is 18.0. The van der Waals surface area contributed by atoms with Gasteiger partial charge in [0, 0.05) is 41.2 Å². The van der Waals surface area contributed by atoms with Crippen molar-refractivity contribution in [1.82, 2.24) is 0 Å². The molecule has 6 nitrogen and oxygen atoms in total. The van der Waals surface area contributed by atoms with Gasteiger partial charge in [0.25, 0.3) is 0 Å². The molecular formula is C9H24B2O6. The van der Waals surface area contributed by atoms with Crippen molar-refractivity contribution in [2.75, 3.05) is 41.2 Å². The van der Waals surface area contributed by atoms with Gasteiger partial charge in [-0.3, -0.25) is 0 Å². The minimum atomic E-state index is -0.514. The average molecular weight is 250 g/mol. The Morgan fingerprint density at radius 2 is 0.882 bits per heavy atom. The van der Waals surface area contributed by atoms with Crippen molar-refractivity contribution >= 4 is 14.6 Å². The molecule has 0 N–H and O–H groups in total. The highest BCUT2D eigenvalue weighted by Gasteiger charge is 2.17. The predicted molar refractivity (Wildman–Crippen MR) is 67.4 cm³/mol. The number of hydrogen-bond donors (Lipinski definition) is 0. The first kappa shape index (κ1) is 19.2. The monoisotopic (exact) mass is 250 g/mol. The van der Waals surface area contributed by atoms with E-state index in [1.165, 1.54) is 21.3 Å². The van der Waals surface area contributed by atoms with Crippen LogP contribution >= 0.6 is 0 Å². The van der Waals surface area contributed by atoms with Crippen molar-refractivity contribution in [2.24, 2.45) is 0 Å². The molecule has 0 bridgehead atoms. The van der Waals surface area contributed by atoms with E-state index in [0.29, 0.717) is 19.8 Å². The Morgan fingerprint density at radius 3 is 1.00 bits per heavy atom. The molecule has 0 saturated heterocycles.